The lowest BCUT2D eigenvalue weighted by molar-refractivity contribution is 0.00578. The van der Waals surface area contributed by atoms with Gasteiger partial charge in [0.25, 0.3) is 0 Å². The molecule has 9 aromatic heterocycles. The van der Waals surface area contributed by atoms with Gasteiger partial charge in [-0.1, -0.05) is 164 Å². The van der Waals surface area contributed by atoms with Crippen LogP contribution in [-0.2, 0) is 9.31 Å². The number of para-hydroxylation sites is 8. The van der Waals surface area contributed by atoms with Gasteiger partial charge in [-0.3, -0.25) is 34.7 Å². The van der Waals surface area contributed by atoms with Crippen molar-refractivity contribution in [1.29, 1.82) is 0 Å². The second-order valence-electron chi connectivity index (χ2n) is 28.8. The summed E-state index contributed by atoms with van der Waals surface area (Å²) in [5, 5.41) is 2.87. The Balaban J connectivity index is 0.000000126. The third-order valence-corrected chi connectivity index (χ3v) is 24.9. The Kier molecular flexibility index (Phi) is 28.2. The number of rotatable bonds is 14. The summed E-state index contributed by atoms with van der Waals surface area (Å²) in [6.07, 6.45) is 11.6. The number of pyridine rings is 6. The van der Waals surface area contributed by atoms with Crippen LogP contribution in [0.25, 0.3) is 96.4 Å². The summed E-state index contributed by atoms with van der Waals surface area (Å²) in [6, 6.07) is 114. The van der Waals surface area contributed by atoms with Crippen molar-refractivity contribution in [2.75, 3.05) is 15.5 Å². The number of nitrogens with zero attached hydrogens (tertiary/aromatic N) is 11. The first-order valence-corrected chi connectivity index (χ1v) is 44.4. The van der Waals surface area contributed by atoms with Gasteiger partial charge in [0.2, 0.25) is 0 Å². The molecule has 0 atom stereocenters. The zero-order chi connectivity index (χ0) is 85.1. The first-order chi connectivity index (χ1) is 59.9. The van der Waals surface area contributed by atoms with Crippen molar-refractivity contribution < 1.29 is 14.1 Å². The zero-order valence-corrected chi connectivity index (χ0v) is 75.1. The fraction of sp³-hybridized carbons (Fsp3) is 0.0600. The van der Waals surface area contributed by atoms with Crippen LogP contribution in [0.5, 0.6) is 0 Å². The normalized spacial score (nSPS) is 12.2. The number of nitrogens with two attached hydrogens (primary N) is 1. The molecule has 123 heavy (non-hydrogen) atoms. The summed E-state index contributed by atoms with van der Waals surface area (Å²) in [4.78, 5) is 55.9. The van der Waals surface area contributed by atoms with Crippen molar-refractivity contribution in [1.82, 2.24) is 44.9 Å². The topological polar surface area (TPSA) is 184 Å². The van der Waals surface area contributed by atoms with Crippen molar-refractivity contribution in [3.05, 3.63) is 396 Å². The maximum absolute atomic E-state index is 10.0. The fourth-order valence-electron chi connectivity index (χ4n) is 12.8. The summed E-state index contributed by atoms with van der Waals surface area (Å²) < 4.78 is 18.7. The molecular formula is C100H78BBr3N12O3S4. The molecular weight excluding hydrogens is 1800 g/mol. The third kappa shape index (κ3) is 21.9. The molecule has 23 heteroatoms. The number of hydrogen-bond donors (Lipinski definition) is 2. The first kappa shape index (κ1) is 85.6. The van der Waals surface area contributed by atoms with Gasteiger partial charge in [-0.2, -0.15) is 0 Å². The maximum Gasteiger partial charge on any atom is 0.496 e. The molecule has 10 aromatic carbocycles. The number of anilines is 7. The van der Waals surface area contributed by atoms with Crippen LogP contribution in [0.4, 0.5) is 39.8 Å². The van der Waals surface area contributed by atoms with Crippen LogP contribution in [0, 0.1) is 0 Å². The summed E-state index contributed by atoms with van der Waals surface area (Å²) in [6.45, 7) is 8.24. The Bertz CT molecular complexity index is 6310. The monoisotopic (exact) mass is 1870 g/mol. The second-order valence-corrected chi connectivity index (χ2v) is 35.1. The number of thiol groups is 1. The number of fused-ring (bicyclic) bond motifs is 3. The summed E-state index contributed by atoms with van der Waals surface area (Å²) in [7, 11) is -0.403. The van der Waals surface area contributed by atoms with Gasteiger partial charge in [0.05, 0.1) is 70.3 Å². The lowest BCUT2D eigenvalue weighted by Crippen LogP contribution is -2.41. The number of carbonyl (C=O) groups is 1. The average molecular weight is 1870 g/mol. The quantitative estimate of drug-likeness (QED) is 0.0453. The molecule has 10 heterocycles. The van der Waals surface area contributed by atoms with E-state index in [4.69, 9.17) is 35.0 Å². The third-order valence-electron chi connectivity index (χ3n) is 19.9. The van der Waals surface area contributed by atoms with Crippen molar-refractivity contribution >= 4 is 184 Å². The summed E-state index contributed by atoms with van der Waals surface area (Å²) in [5.41, 5.74) is 25.3. The number of aldehydes is 1. The largest absolute Gasteiger partial charge is 0.496 e. The number of hydrogen-bond acceptors (Lipinski definition) is 19. The minimum Gasteiger partial charge on any atom is -0.399 e. The van der Waals surface area contributed by atoms with E-state index in [1.165, 1.54) is 14.1 Å². The van der Waals surface area contributed by atoms with E-state index in [0.717, 1.165) is 146 Å². The number of aromatic nitrogens is 9. The van der Waals surface area contributed by atoms with Gasteiger partial charge in [-0.15, -0.1) is 46.6 Å². The van der Waals surface area contributed by atoms with Gasteiger partial charge < -0.3 is 24.8 Å². The highest BCUT2D eigenvalue weighted by Gasteiger charge is 2.52. The van der Waals surface area contributed by atoms with E-state index in [-0.39, 0.29) is 11.2 Å². The highest BCUT2D eigenvalue weighted by Crippen LogP contribution is 2.41. The number of carbonyl (C=O) groups excluding carboxylic acids is 1. The predicted molar refractivity (Wildman–Crippen MR) is 523 cm³/mol. The highest BCUT2D eigenvalue weighted by molar-refractivity contribution is 9.11. The van der Waals surface area contributed by atoms with Crippen LogP contribution < -0.4 is 21.0 Å². The molecule has 1 aliphatic rings. The van der Waals surface area contributed by atoms with Gasteiger partial charge in [-0.25, -0.2) is 15.0 Å². The molecule has 19 aromatic rings. The molecule has 15 nitrogen and oxygen atoms in total. The molecule has 0 radical (unpaired) electrons. The molecule has 20 rings (SSSR count). The molecule has 0 amide bonds. The van der Waals surface area contributed by atoms with Crippen LogP contribution >= 0.6 is 94.4 Å². The van der Waals surface area contributed by atoms with E-state index < -0.39 is 7.12 Å². The van der Waals surface area contributed by atoms with Crippen LogP contribution in [-0.4, -0.2) is 69.5 Å². The predicted octanol–water partition coefficient (Wildman–Crippen LogP) is 27.5. The Hall–Kier alpha value is -12.4. The Labute approximate surface area is 757 Å². The molecule has 604 valence electrons. The molecule has 1 aliphatic heterocycles. The van der Waals surface area contributed by atoms with Gasteiger partial charge in [0, 0.05) is 123 Å². The van der Waals surface area contributed by atoms with Gasteiger partial charge in [-0.05, 0) is 251 Å². The number of benzene rings is 10. The van der Waals surface area contributed by atoms with E-state index in [2.05, 4.69) is 305 Å². The first-order valence-electron chi connectivity index (χ1n) is 39.1. The molecule has 1 saturated heterocycles. The van der Waals surface area contributed by atoms with Gasteiger partial charge in [0.15, 0.2) is 6.29 Å². The van der Waals surface area contributed by atoms with Crippen molar-refractivity contribution in [2.45, 2.75) is 43.8 Å². The van der Waals surface area contributed by atoms with Gasteiger partial charge in [0.1, 0.15) is 20.7 Å². The smallest absolute Gasteiger partial charge is 0.399 e. The average Bonchev–Trinajstić information content (AvgIpc) is 1.59. The fourth-order valence-corrected chi connectivity index (χ4v) is 16.5. The standard InChI is InChI=1S/C35H24N4S.C29H29BN2O2.2C12H7BrN2S.C6H4BrNO.C6H7NS/c1-3-9-28(10-4-1)39(29-11-5-2-6-12-29)30-19-15-25(16-20-30)31-21-17-26(23-36-31)27-18-22-33(37-24-27)35-38-32-13-7-8-14-34(32)40-35;1-28(2)29(3,4)34-30(33-28)23-17-20-27(31-21-23)22-15-18-26(19-16-22)32(24-11-7-5-8-12-24)25-13-9-6-10-14-25;2*13-8-5-6-10(14-7-8)12-15-9-3-1-2-4-11(9)16-12;7-5-1-2-6(4-9)8-3-5;7-5-3-1-2-4-6(5)8/h1-24H;5-21H,1-4H3;2*1-7H;1-4H;1-4,8H,7H2. The van der Waals surface area contributed by atoms with E-state index in [0.29, 0.717) is 12.0 Å². The van der Waals surface area contributed by atoms with E-state index in [1.807, 2.05) is 164 Å². The molecule has 0 bridgehead atoms. The molecule has 0 aliphatic carbocycles. The molecule has 0 saturated carbocycles. The minimum absolute atomic E-state index is 0.366. The van der Waals surface area contributed by atoms with E-state index in [9.17, 15) is 4.79 Å². The van der Waals surface area contributed by atoms with Crippen molar-refractivity contribution in [3.8, 4) is 65.7 Å². The van der Waals surface area contributed by atoms with Crippen LogP contribution in [0.1, 0.15) is 38.2 Å². The Morgan fingerprint density at radius 2 is 0.642 bits per heavy atom. The van der Waals surface area contributed by atoms with Gasteiger partial charge >= 0.3 is 7.12 Å². The SMILES string of the molecule is Brc1ccc(-c2nc3ccccc3s2)nc1.Brc1ccc(-c2nc3ccccc3s2)nc1.CC1(C)OB(c2ccc(-c3ccc(N(c4ccccc4)c4ccccc4)cc3)nc2)OC1(C)C.Nc1ccccc1S.O=Cc1ccc(Br)cn1.c1ccc(N(c2ccccc2)c2ccc(-c3ccc(-c4ccc(-c5nc6ccccc6s5)nc4)cn3)cc2)cc1. The summed E-state index contributed by atoms with van der Waals surface area (Å²) in [5.74, 6) is 0. The molecule has 1 fully saturated rings. The Morgan fingerprint density at radius 3 is 0.951 bits per heavy atom. The number of halogens is 3. The Morgan fingerprint density at radius 1 is 0.333 bits per heavy atom. The van der Waals surface area contributed by atoms with Crippen LogP contribution in [0.2, 0.25) is 0 Å². The van der Waals surface area contributed by atoms with Crippen LogP contribution in [0.3, 0.4) is 0 Å². The summed E-state index contributed by atoms with van der Waals surface area (Å²) >= 11 is 19.0. The lowest BCUT2D eigenvalue weighted by Gasteiger charge is -2.32. The minimum atomic E-state index is -0.403. The molecule has 2 N–H and O–H groups in total. The van der Waals surface area contributed by atoms with Crippen LogP contribution in [0.15, 0.2) is 395 Å². The van der Waals surface area contributed by atoms with Crippen molar-refractivity contribution in [3.63, 3.8) is 0 Å². The number of nitrogen functional groups attached to an aromatic ring is 1. The lowest BCUT2D eigenvalue weighted by atomic mass is 9.80. The molecule has 0 unspecified atom stereocenters. The highest BCUT2D eigenvalue weighted by atomic mass is 79.9. The maximum atomic E-state index is 10.0. The number of thiazole rings is 3. The van der Waals surface area contributed by atoms with E-state index in [1.54, 1.807) is 64.7 Å². The van der Waals surface area contributed by atoms with Crippen molar-refractivity contribution in [2.24, 2.45) is 0 Å². The second kappa shape index (κ2) is 40.5. The molecule has 0 spiro atoms. The van der Waals surface area contributed by atoms with E-state index >= 15 is 0 Å². The zero-order valence-electron chi connectivity index (χ0n) is 67.0.